The molecule has 0 aliphatic rings. The number of fused-ring (bicyclic) bond motifs is 1. The number of nitrogens with zero attached hydrogens (tertiary/aromatic N) is 3. The average molecular weight is 363 g/mol. The van der Waals surface area contributed by atoms with Crippen LogP contribution in [0.25, 0.3) is 22.5 Å². The van der Waals surface area contributed by atoms with Crippen molar-refractivity contribution < 1.29 is 9.21 Å². The summed E-state index contributed by atoms with van der Waals surface area (Å²) in [6.45, 7) is 4.12. The van der Waals surface area contributed by atoms with Gasteiger partial charge in [0.2, 0.25) is 0 Å². The molecule has 27 heavy (non-hydrogen) atoms. The van der Waals surface area contributed by atoms with Gasteiger partial charge in [0.25, 0.3) is 5.91 Å². The lowest BCUT2D eigenvalue weighted by Gasteiger charge is -2.21. The number of carbonyl (C=O) groups excluding carboxylic acids is 1. The molecule has 0 unspecified atom stereocenters. The second-order valence-corrected chi connectivity index (χ2v) is 6.86. The van der Waals surface area contributed by atoms with E-state index >= 15 is 0 Å². The summed E-state index contributed by atoms with van der Waals surface area (Å²) in [6, 6.07) is 13.0. The van der Waals surface area contributed by atoms with Gasteiger partial charge in [-0.25, -0.2) is 4.98 Å². The minimum absolute atomic E-state index is 0.160. The summed E-state index contributed by atoms with van der Waals surface area (Å²) in [5.74, 6) is 1.36. The van der Waals surface area contributed by atoms with E-state index in [0.717, 1.165) is 16.9 Å². The number of amides is 1. The second kappa shape index (κ2) is 6.75. The van der Waals surface area contributed by atoms with E-state index in [9.17, 15) is 4.79 Å². The zero-order chi connectivity index (χ0) is 19.0. The van der Waals surface area contributed by atoms with E-state index in [1.54, 1.807) is 18.4 Å². The number of carbonyl (C=O) groups is 1. The highest BCUT2D eigenvalue weighted by molar-refractivity contribution is 5.93. The number of aromatic amines is 1. The monoisotopic (exact) mass is 363 g/mol. The van der Waals surface area contributed by atoms with E-state index in [-0.39, 0.29) is 17.9 Å². The average Bonchev–Trinajstić information content (AvgIpc) is 3.39. The van der Waals surface area contributed by atoms with E-state index in [1.807, 2.05) is 41.9 Å². The van der Waals surface area contributed by atoms with Gasteiger partial charge in [0.15, 0.2) is 11.5 Å². The Hall–Kier alpha value is -3.35. The highest BCUT2D eigenvalue weighted by Gasteiger charge is 2.25. The first-order valence-corrected chi connectivity index (χ1v) is 8.86. The molecule has 0 bridgehead atoms. The molecule has 3 heterocycles. The normalized spacial score (nSPS) is 12.6. The van der Waals surface area contributed by atoms with Gasteiger partial charge in [0.05, 0.1) is 23.3 Å². The van der Waals surface area contributed by atoms with Gasteiger partial charge < -0.3 is 14.3 Å². The molecule has 1 aromatic carbocycles. The van der Waals surface area contributed by atoms with Gasteiger partial charge in [-0.1, -0.05) is 26.0 Å². The fourth-order valence-corrected chi connectivity index (χ4v) is 3.18. The van der Waals surface area contributed by atoms with E-state index in [2.05, 4.69) is 29.4 Å². The Morgan fingerprint density at radius 2 is 2.04 bits per heavy atom. The maximum atomic E-state index is 12.8. The Labute approximate surface area is 156 Å². The van der Waals surface area contributed by atoms with Gasteiger partial charge in [-0.05, 0) is 30.2 Å². The molecule has 2 N–H and O–H groups in total. The van der Waals surface area contributed by atoms with Crippen LogP contribution in [0.2, 0.25) is 0 Å². The van der Waals surface area contributed by atoms with Crippen LogP contribution in [0.1, 0.15) is 36.2 Å². The predicted molar refractivity (Wildman–Crippen MR) is 102 cm³/mol. The molecule has 7 heteroatoms. The zero-order valence-electron chi connectivity index (χ0n) is 15.4. The summed E-state index contributed by atoms with van der Waals surface area (Å²) >= 11 is 0. The van der Waals surface area contributed by atoms with Gasteiger partial charge in [-0.2, -0.15) is 5.10 Å². The van der Waals surface area contributed by atoms with E-state index in [4.69, 9.17) is 9.40 Å². The maximum Gasteiger partial charge on any atom is 0.272 e. The highest BCUT2D eigenvalue weighted by Crippen LogP contribution is 2.25. The SMILES string of the molecule is CC(C)[C@H](NC(=O)c1cc(-c2ccco2)[nH]n1)c1nc2ccccc2n1C. The standard InChI is InChI=1S/C20H21N5O2/c1-12(2)18(19-21-13-7-4-5-8-16(13)25(19)3)22-20(26)15-11-14(23-24-15)17-9-6-10-27-17/h4-12,18H,1-3H3,(H,22,26)(H,23,24)/t18-/m0/s1. The Morgan fingerprint density at radius 3 is 2.74 bits per heavy atom. The third kappa shape index (κ3) is 3.12. The molecule has 0 saturated heterocycles. The largest absolute Gasteiger partial charge is 0.463 e. The summed E-state index contributed by atoms with van der Waals surface area (Å²) in [6.07, 6.45) is 1.58. The van der Waals surface area contributed by atoms with Crippen LogP contribution in [0.4, 0.5) is 0 Å². The Kier molecular flexibility index (Phi) is 4.27. The molecule has 4 aromatic rings. The molecular formula is C20H21N5O2. The number of H-pyrrole nitrogens is 1. The topological polar surface area (TPSA) is 88.7 Å². The summed E-state index contributed by atoms with van der Waals surface area (Å²) in [7, 11) is 1.97. The molecule has 1 atom stereocenters. The number of benzene rings is 1. The molecular weight excluding hydrogens is 342 g/mol. The van der Waals surface area contributed by atoms with E-state index in [0.29, 0.717) is 17.1 Å². The molecule has 0 aliphatic carbocycles. The van der Waals surface area contributed by atoms with Crippen molar-refractivity contribution in [1.82, 2.24) is 25.1 Å². The van der Waals surface area contributed by atoms with Crippen LogP contribution in [-0.2, 0) is 7.05 Å². The minimum Gasteiger partial charge on any atom is -0.463 e. The number of aromatic nitrogens is 4. The lowest BCUT2D eigenvalue weighted by Crippen LogP contribution is -2.33. The van der Waals surface area contributed by atoms with Crippen LogP contribution in [0.5, 0.6) is 0 Å². The van der Waals surface area contributed by atoms with Gasteiger partial charge in [-0.3, -0.25) is 9.89 Å². The molecule has 7 nitrogen and oxygen atoms in total. The highest BCUT2D eigenvalue weighted by atomic mass is 16.3. The second-order valence-electron chi connectivity index (χ2n) is 6.86. The number of nitrogens with one attached hydrogen (secondary N) is 2. The lowest BCUT2D eigenvalue weighted by molar-refractivity contribution is 0.0917. The summed E-state index contributed by atoms with van der Waals surface area (Å²) in [5, 5.41) is 10.0. The van der Waals surface area contributed by atoms with Crippen molar-refractivity contribution >= 4 is 16.9 Å². The van der Waals surface area contributed by atoms with Crippen molar-refractivity contribution in [1.29, 1.82) is 0 Å². The maximum absolute atomic E-state index is 12.8. The van der Waals surface area contributed by atoms with Gasteiger partial charge in [0.1, 0.15) is 11.5 Å². The van der Waals surface area contributed by atoms with Crippen molar-refractivity contribution in [3.63, 3.8) is 0 Å². The van der Waals surface area contributed by atoms with Crippen molar-refractivity contribution in [2.24, 2.45) is 13.0 Å². The number of furan rings is 1. The first kappa shape index (κ1) is 17.1. The van der Waals surface area contributed by atoms with Crippen molar-refractivity contribution in [3.8, 4) is 11.5 Å². The molecule has 0 aliphatic heterocycles. The number of aryl methyl sites for hydroxylation is 1. The first-order chi connectivity index (χ1) is 13.0. The van der Waals surface area contributed by atoms with E-state index in [1.165, 1.54) is 0 Å². The molecule has 0 saturated carbocycles. The lowest BCUT2D eigenvalue weighted by atomic mass is 10.0. The molecule has 4 rings (SSSR count). The Morgan fingerprint density at radius 1 is 1.22 bits per heavy atom. The summed E-state index contributed by atoms with van der Waals surface area (Å²) in [5.41, 5.74) is 2.92. The first-order valence-electron chi connectivity index (χ1n) is 8.86. The number of rotatable bonds is 5. The van der Waals surface area contributed by atoms with Crippen molar-refractivity contribution in [2.45, 2.75) is 19.9 Å². The molecule has 3 aromatic heterocycles. The summed E-state index contributed by atoms with van der Waals surface area (Å²) in [4.78, 5) is 17.5. The molecule has 0 radical (unpaired) electrons. The fraction of sp³-hybridized carbons (Fsp3) is 0.250. The fourth-order valence-electron chi connectivity index (χ4n) is 3.18. The van der Waals surface area contributed by atoms with Gasteiger partial charge in [-0.15, -0.1) is 0 Å². The van der Waals surface area contributed by atoms with Crippen molar-refractivity contribution in [2.75, 3.05) is 0 Å². The predicted octanol–water partition coefficient (Wildman–Crippen LogP) is 3.68. The van der Waals surface area contributed by atoms with Gasteiger partial charge in [0, 0.05) is 13.1 Å². The van der Waals surface area contributed by atoms with E-state index < -0.39 is 0 Å². The zero-order valence-corrected chi connectivity index (χ0v) is 15.4. The van der Waals surface area contributed by atoms with Crippen LogP contribution in [0, 0.1) is 5.92 Å². The van der Waals surface area contributed by atoms with Crippen LogP contribution >= 0.6 is 0 Å². The molecule has 138 valence electrons. The Bertz CT molecular complexity index is 1080. The minimum atomic E-state index is -0.255. The quantitative estimate of drug-likeness (QED) is 0.566. The Balaban J connectivity index is 1.61. The van der Waals surface area contributed by atoms with Crippen LogP contribution in [-0.4, -0.2) is 25.7 Å². The van der Waals surface area contributed by atoms with Crippen molar-refractivity contribution in [3.05, 3.63) is 60.2 Å². The molecule has 0 spiro atoms. The number of imidazole rings is 1. The molecule has 1 amide bonds. The summed E-state index contributed by atoms with van der Waals surface area (Å²) < 4.78 is 7.36. The third-order valence-corrected chi connectivity index (χ3v) is 4.65. The van der Waals surface area contributed by atoms with Crippen LogP contribution < -0.4 is 5.32 Å². The van der Waals surface area contributed by atoms with Gasteiger partial charge >= 0.3 is 0 Å². The number of hydrogen-bond donors (Lipinski definition) is 2. The van der Waals surface area contributed by atoms with Crippen LogP contribution in [0.3, 0.4) is 0 Å². The third-order valence-electron chi connectivity index (χ3n) is 4.65. The number of para-hydroxylation sites is 2. The van der Waals surface area contributed by atoms with Crippen LogP contribution in [0.15, 0.2) is 53.1 Å². The molecule has 0 fully saturated rings. The number of hydrogen-bond acceptors (Lipinski definition) is 4. The smallest absolute Gasteiger partial charge is 0.272 e.